The first-order chi connectivity index (χ1) is 13.6. The van der Waals surface area contributed by atoms with Gasteiger partial charge < -0.3 is 0 Å². The van der Waals surface area contributed by atoms with Crippen molar-refractivity contribution in [3.63, 3.8) is 0 Å². The molecule has 1 saturated carbocycles. The third-order valence-corrected chi connectivity index (χ3v) is 5.39. The molecule has 0 radical (unpaired) electrons. The number of alkyl halides is 3. The quantitative estimate of drug-likeness (QED) is 0.354. The molecular weight excluding hydrogens is 397 g/mol. The Hall–Kier alpha value is -2.31. The van der Waals surface area contributed by atoms with Crippen molar-refractivity contribution in [2.45, 2.75) is 44.7 Å². The minimum atomic E-state index is -5.25. The maximum atomic E-state index is 14.6. The van der Waals surface area contributed by atoms with Gasteiger partial charge in [0.15, 0.2) is 0 Å². The predicted molar refractivity (Wildman–Crippen MR) is 96.2 cm³/mol. The average Bonchev–Trinajstić information content (AvgIpc) is 2.60. The van der Waals surface area contributed by atoms with Crippen molar-refractivity contribution in [2.24, 2.45) is 5.92 Å². The van der Waals surface area contributed by atoms with E-state index < -0.39 is 46.1 Å². The van der Waals surface area contributed by atoms with Crippen LogP contribution in [0.2, 0.25) is 0 Å². The van der Waals surface area contributed by atoms with E-state index in [4.69, 9.17) is 0 Å². The normalized spacial score (nSPS) is 20.4. The lowest BCUT2D eigenvalue weighted by Crippen LogP contribution is -2.13. The number of rotatable bonds is 3. The first kappa shape index (κ1) is 21.4. The first-order valence-corrected chi connectivity index (χ1v) is 9.30. The largest absolute Gasteiger partial charge is 0.422 e. The van der Waals surface area contributed by atoms with E-state index in [1.54, 1.807) is 0 Å². The van der Waals surface area contributed by atoms with Gasteiger partial charge in [-0.05, 0) is 79.8 Å². The summed E-state index contributed by atoms with van der Waals surface area (Å²) in [6, 6.07) is 2.81. The van der Waals surface area contributed by atoms with Crippen molar-refractivity contribution < 1.29 is 30.7 Å². The minimum absolute atomic E-state index is 0.0457. The van der Waals surface area contributed by atoms with E-state index in [9.17, 15) is 30.7 Å². The van der Waals surface area contributed by atoms with Crippen molar-refractivity contribution in [3.05, 3.63) is 70.8 Å². The van der Waals surface area contributed by atoms with Gasteiger partial charge in [0.1, 0.15) is 28.8 Å². The Morgan fingerprint density at radius 2 is 1.31 bits per heavy atom. The topological polar surface area (TPSA) is 0 Å². The molecule has 0 aliphatic heterocycles. The zero-order valence-electron chi connectivity index (χ0n) is 15.6. The minimum Gasteiger partial charge on any atom is -0.206 e. The van der Waals surface area contributed by atoms with Gasteiger partial charge in [0.25, 0.3) is 0 Å². The van der Waals surface area contributed by atoms with Gasteiger partial charge in [-0.3, -0.25) is 0 Å². The first-order valence-electron chi connectivity index (χ1n) is 9.30. The fraction of sp³-hybridized carbons (Fsp3) is 0.364. The van der Waals surface area contributed by atoms with Crippen LogP contribution in [0.1, 0.15) is 49.7 Å². The monoisotopic (exact) mass is 416 g/mol. The van der Waals surface area contributed by atoms with Crippen LogP contribution in [0.4, 0.5) is 30.7 Å². The maximum Gasteiger partial charge on any atom is 0.422 e. The SMILES string of the molecule is C/C=C/C1CCC(c2cc(F)c(-c3cc(F)c(C(F)(F)F)c(F)c3)c(F)c2)CC1. The van der Waals surface area contributed by atoms with E-state index in [2.05, 4.69) is 6.08 Å². The molecule has 3 rings (SSSR count). The Morgan fingerprint density at radius 3 is 1.76 bits per heavy atom. The van der Waals surface area contributed by atoms with Gasteiger partial charge in [-0.15, -0.1) is 0 Å². The predicted octanol–water partition coefficient (Wildman–Crippen LogP) is 7.78. The van der Waals surface area contributed by atoms with Crippen LogP contribution in [0.3, 0.4) is 0 Å². The molecule has 0 saturated heterocycles. The van der Waals surface area contributed by atoms with Crippen LogP contribution in [-0.4, -0.2) is 0 Å². The van der Waals surface area contributed by atoms with E-state index in [0.717, 1.165) is 37.8 Å². The van der Waals surface area contributed by atoms with Crippen molar-refractivity contribution >= 4 is 0 Å². The van der Waals surface area contributed by atoms with E-state index in [0.29, 0.717) is 23.6 Å². The summed E-state index contributed by atoms with van der Waals surface area (Å²) >= 11 is 0. The van der Waals surface area contributed by atoms with Gasteiger partial charge in [0.2, 0.25) is 0 Å². The van der Waals surface area contributed by atoms with E-state index >= 15 is 0 Å². The van der Waals surface area contributed by atoms with Crippen molar-refractivity contribution in [3.8, 4) is 11.1 Å². The average molecular weight is 416 g/mol. The molecule has 0 unspecified atom stereocenters. The molecule has 156 valence electrons. The molecule has 1 aliphatic carbocycles. The van der Waals surface area contributed by atoms with Crippen molar-refractivity contribution in [1.82, 2.24) is 0 Å². The Labute approximate surface area is 164 Å². The standard InChI is InChI=1S/C22H19F7/c1-2-3-12-4-6-13(7-5-12)14-8-16(23)20(17(24)9-14)15-10-18(25)21(19(26)11-15)22(27,28)29/h2-3,8-13H,4-7H2,1H3/b3-2+. The molecule has 0 N–H and O–H groups in total. The molecule has 7 heteroatoms. The molecule has 0 spiro atoms. The van der Waals surface area contributed by atoms with Gasteiger partial charge in [-0.2, -0.15) is 13.2 Å². The summed E-state index contributed by atoms with van der Waals surface area (Å²) in [5.74, 6) is -5.57. The number of hydrogen-bond acceptors (Lipinski definition) is 0. The zero-order valence-corrected chi connectivity index (χ0v) is 15.6. The van der Waals surface area contributed by atoms with E-state index in [1.807, 2.05) is 13.0 Å². The second-order valence-electron chi connectivity index (χ2n) is 7.31. The Bertz CT molecular complexity index is 873. The fourth-order valence-electron chi connectivity index (χ4n) is 4.01. The molecule has 1 aliphatic rings. The molecular formula is C22H19F7. The lowest BCUT2D eigenvalue weighted by Gasteiger charge is -2.27. The number of hydrogen-bond donors (Lipinski definition) is 0. The van der Waals surface area contributed by atoms with Crippen molar-refractivity contribution in [1.29, 1.82) is 0 Å². The highest BCUT2D eigenvalue weighted by molar-refractivity contribution is 5.66. The fourth-order valence-corrected chi connectivity index (χ4v) is 4.01. The van der Waals surface area contributed by atoms with Crippen LogP contribution in [0.15, 0.2) is 36.4 Å². The second-order valence-corrected chi connectivity index (χ2v) is 7.31. The molecule has 2 aromatic carbocycles. The highest BCUT2D eigenvalue weighted by atomic mass is 19.4. The number of benzene rings is 2. The molecule has 0 aromatic heterocycles. The lowest BCUT2D eigenvalue weighted by atomic mass is 9.78. The molecule has 0 heterocycles. The third kappa shape index (κ3) is 4.49. The zero-order chi connectivity index (χ0) is 21.3. The summed E-state index contributed by atoms with van der Waals surface area (Å²) in [4.78, 5) is 0. The number of halogens is 7. The molecule has 0 bridgehead atoms. The summed E-state index contributed by atoms with van der Waals surface area (Å²) < 4.78 is 95.0. The lowest BCUT2D eigenvalue weighted by molar-refractivity contribution is -0.142. The molecule has 0 amide bonds. The van der Waals surface area contributed by atoms with Crippen LogP contribution in [0.25, 0.3) is 11.1 Å². The molecule has 0 nitrogen and oxygen atoms in total. The summed E-state index contributed by atoms with van der Waals surface area (Å²) in [6.07, 6.45) is 2.09. The Balaban J connectivity index is 1.93. The van der Waals surface area contributed by atoms with E-state index in [-0.39, 0.29) is 5.92 Å². The third-order valence-electron chi connectivity index (χ3n) is 5.39. The summed E-state index contributed by atoms with van der Waals surface area (Å²) in [7, 11) is 0. The van der Waals surface area contributed by atoms with Gasteiger partial charge in [0, 0.05) is 0 Å². The molecule has 1 fully saturated rings. The van der Waals surface area contributed by atoms with Crippen LogP contribution in [0.5, 0.6) is 0 Å². The van der Waals surface area contributed by atoms with Gasteiger partial charge in [-0.25, -0.2) is 17.6 Å². The van der Waals surface area contributed by atoms with Crippen LogP contribution in [-0.2, 0) is 6.18 Å². The van der Waals surface area contributed by atoms with Gasteiger partial charge in [-0.1, -0.05) is 12.2 Å². The highest BCUT2D eigenvalue weighted by Gasteiger charge is 2.38. The maximum absolute atomic E-state index is 14.6. The second kappa shape index (κ2) is 8.20. The van der Waals surface area contributed by atoms with Crippen LogP contribution < -0.4 is 0 Å². The molecule has 2 aromatic rings. The van der Waals surface area contributed by atoms with Crippen LogP contribution >= 0.6 is 0 Å². The summed E-state index contributed by atoms with van der Waals surface area (Å²) in [5.41, 5.74) is -3.01. The van der Waals surface area contributed by atoms with Gasteiger partial charge in [0.05, 0.1) is 5.56 Å². The van der Waals surface area contributed by atoms with Crippen LogP contribution in [0, 0.1) is 29.2 Å². The highest BCUT2D eigenvalue weighted by Crippen LogP contribution is 2.40. The Morgan fingerprint density at radius 1 is 0.793 bits per heavy atom. The smallest absolute Gasteiger partial charge is 0.206 e. The molecule has 0 atom stereocenters. The van der Waals surface area contributed by atoms with E-state index in [1.165, 1.54) is 0 Å². The molecule has 29 heavy (non-hydrogen) atoms. The summed E-state index contributed by atoms with van der Waals surface area (Å²) in [5, 5.41) is 0. The summed E-state index contributed by atoms with van der Waals surface area (Å²) in [6.45, 7) is 1.93. The Kier molecular flexibility index (Phi) is 6.05. The number of allylic oxidation sites excluding steroid dienone is 2. The van der Waals surface area contributed by atoms with Gasteiger partial charge >= 0.3 is 6.18 Å². The van der Waals surface area contributed by atoms with Crippen molar-refractivity contribution in [2.75, 3.05) is 0 Å².